The first-order valence-corrected chi connectivity index (χ1v) is 7.29. The second-order valence-corrected chi connectivity index (χ2v) is 5.69. The molecule has 4 heteroatoms. The number of nitrogens with one attached hydrogen (secondary N) is 2. The average molecular weight is 281 g/mol. The molecule has 1 atom stereocenters. The molecule has 1 amide bonds. The molecule has 0 saturated carbocycles. The standard InChI is InChI=1S/C15H21ClN2O/c1-11-9-13(16)5-6-14(11)18-15(19)7-4-12-3-2-8-17-10-12/h5-6,9,12,17H,2-4,7-8,10H2,1H3,(H,18,19). The molecule has 1 saturated heterocycles. The van der Waals surface area contributed by atoms with E-state index in [0.717, 1.165) is 30.8 Å². The largest absolute Gasteiger partial charge is 0.326 e. The topological polar surface area (TPSA) is 41.1 Å². The van der Waals surface area contributed by atoms with Crippen molar-refractivity contribution in [2.75, 3.05) is 18.4 Å². The van der Waals surface area contributed by atoms with Crippen molar-refractivity contribution in [2.24, 2.45) is 5.92 Å². The molecule has 0 bridgehead atoms. The number of piperidine rings is 1. The lowest BCUT2D eigenvalue weighted by Crippen LogP contribution is -2.30. The van der Waals surface area contributed by atoms with Gasteiger partial charge < -0.3 is 10.6 Å². The molecule has 0 radical (unpaired) electrons. The number of halogens is 1. The van der Waals surface area contributed by atoms with Crippen molar-refractivity contribution in [1.29, 1.82) is 0 Å². The Bertz CT molecular complexity index is 442. The maximum absolute atomic E-state index is 11.9. The molecule has 1 heterocycles. The maximum atomic E-state index is 11.9. The fourth-order valence-electron chi connectivity index (χ4n) is 2.49. The number of amides is 1. The smallest absolute Gasteiger partial charge is 0.224 e. The van der Waals surface area contributed by atoms with Crippen LogP contribution in [-0.2, 0) is 4.79 Å². The number of rotatable bonds is 4. The van der Waals surface area contributed by atoms with Gasteiger partial charge in [0.15, 0.2) is 0 Å². The summed E-state index contributed by atoms with van der Waals surface area (Å²) in [4.78, 5) is 11.9. The summed E-state index contributed by atoms with van der Waals surface area (Å²) in [6, 6.07) is 5.52. The van der Waals surface area contributed by atoms with Crippen molar-refractivity contribution in [3.63, 3.8) is 0 Å². The molecule has 1 aliphatic rings. The summed E-state index contributed by atoms with van der Waals surface area (Å²) in [6.45, 7) is 4.12. The van der Waals surface area contributed by atoms with Crippen molar-refractivity contribution < 1.29 is 4.79 Å². The molecule has 0 aromatic heterocycles. The van der Waals surface area contributed by atoms with Crippen LogP contribution in [0.25, 0.3) is 0 Å². The number of benzene rings is 1. The Balaban J connectivity index is 1.80. The molecule has 0 aliphatic carbocycles. The van der Waals surface area contributed by atoms with Gasteiger partial charge in [-0.2, -0.15) is 0 Å². The lowest BCUT2D eigenvalue weighted by molar-refractivity contribution is -0.116. The Morgan fingerprint density at radius 2 is 2.37 bits per heavy atom. The van der Waals surface area contributed by atoms with E-state index in [1.54, 1.807) is 6.07 Å². The summed E-state index contributed by atoms with van der Waals surface area (Å²) in [5.74, 6) is 0.738. The van der Waals surface area contributed by atoms with Crippen LogP contribution in [0.4, 0.5) is 5.69 Å². The summed E-state index contributed by atoms with van der Waals surface area (Å²) < 4.78 is 0. The molecule has 3 nitrogen and oxygen atoms in total. The summed E-state index contributed by atoms with van der Waals surface area (Å²) in [5, 5.41) is 7.03. The lowest BCUT2D eigenvalue weighted by atomic mass is 9.94. The summed E-state index contributed by atoms with van der Waals surface area (Å²) in [6.07, 6.45) is 4.02. The van der Waals surface area contributed by atoms with Gasteiger partial charge in [0.05, 0.1) is 0 Å². The first kappa shape index (κ1) is 14.4. The van der Waals surface area contributed by atoms with Gasteiger partial charge in [-0.05, 0) is 69.0 Å². The molecule has 1 unspecified atom stereocenters. The average Bonchev–Trinajstić information content (AvgIpc) is 2.41. The van der Waals surface area contributed by atoms with E-state index in [-0.39, 0.29) is 5.91 Å². The number of hydrogen-bond acceptors (Lipinski definition) is 2. The predicted octanol–water partition coefficient (Wildman–Crippen LogP) is 3.37. The van der Waals surface area contributed by atoms with Crippen molar-refractivity contribution in [3.05, 3.63) is 28.8 Å². The van der Waals surface area contributed by atoms with Gasteiger partial charge in [-0.25, -0.2) is 0 Å². The Hall–Kier alpha value is -1.06. The first-order valence-electron chi connectivity index (χ1n) is 6.92. The SMILES string of the molecule is Cc1cc(Cl)ccc1NC(=O)CCC1CCCNC1. The molecular weight excluding hydrogens is 260 g/mol. The molecule has 1 aromatic rings. The van der Waals surface area contributed by atoms with Gasteiger partial charge in [-0.15, -0.1) is 0 Å². The highest BCUT2D eigenvalue weighted by Crippen LogP contribution is 2.21. The van der Waals surface area contributed by atoms with E-state index in [9.17, 15) is 4.79 Å². The van der Waals surface area contributed by atoms with Gasteiger partial charge in [0, 0.05) is 17.1 Å². The van der Waals surface area contributed by atoms with E-state index >= 15 is 0 Å². The number of carbonyl (C=O) groups is 1. The number of aryl methyl sites for hydroxylation is 1. The van der Waals surface area contributed by atoms with E-state index in [2.05, 4.69) is 10.6 Å². The van der Waals surface area contributed by atoms with Crippen LogP contribution in [0.5, 0.6) is 0 Å². The molecule has 19 heavy (non-hydrogen) atoms. The van der Waals surface area contributed by atoms with Gasteiger partial charge in [0.25, 0.3) is 0 Å². The number of hydrogen-bond donors (Lipinski definition) is 2. The first-order chi connectivity index (χ1) is 9.15. The van der Waals surface area contributed by atoms with Crippen LogP contribution in [0.2, 0.25) is 5.02 Å². The second-order valence-electron chi connectivity index (χ2n) is 5.26. The van der Waals surface area contributed by atoms with E-state index < -0.39 is 0 Å². The highest BCUT2D eigenvalue weighted by molar-refractivity contribution is 6.30. The van der Waals surface area contributed by atoms with Gasteiger partial charge in [-0.3, -0.25) is 4.79 Å². The van der Waals surface area contributed by atoms with Crippen molar-refractivity contribution in [1.82, 2.24) is 5.32 Å². The molecular formula is C15H21ClN2O. The van der Waals surface area contributed by atoms with Crippen LogP contribution < -0.4 is 10.6 Å². The number of carbonyl (C=O) groups excluding carboxylic acids is 1. The van der Waals surface area contributed by atoms with Gasteiger partial charge in [-0.1, -0.05) is 11.6 Å². The minimum Gasteiger partial charge on any atom is -0.326 e. The van der Waals surface area contributed by atoms with Gasteiger partial charge in [0.2, 0.25) is 5.91 Å². The Labute approximate surface area is 119 Å². The van der Waals surface area contributed by atoms with Gasteiger partial charge >= 0.3 is 0 Å². The van der Waals surface area contributed by atoms with Crippen molar-refractivity contribution >= 4 is 23.2 Å². The Kier molecular flexibility index (Phi) is 5.23. The zero-order chi connectivity index (χ0) is 13.7. The fourth-order valence-corrected chi connectivity index (χ4v) is 2.71. The van der Waals surface area contributed by atoms with E-state index in [0.29, 0.717) is 17.4 Å². The summed E-state index contributed by atoms with van der Waals surface area (Å²) in [5.41, 5.74) is 1.86. The quantitative estimate of drug-likeness (QED) is 0.888. The van der Waals surface area contributed by atoms with Crippen molar-refractivity contribution in [2.45, 2.75) is 32.6 Å². The van der Waals surface area contributed by atoms with Gasteiger partial charge in [0.1, 0.15) is 0 Å². The highest BCUT2D eigenvalue weighted by atomic mass is 35.5. The molecule has 2 N–H and O–H groups in total. The van der Waals surface area contributed by atoms with E-state index in [1.165, 1.54) is 12.8 Å². The molecule has 1 aromatic carbocycles. The van der Waals surface area contributed by atoms with Crippen LogP contribution in [-0.4, -0.2) is 19.0 Å². The minimum absolute atomic E-state index is 0.0935. The molecule has 0 spiro atoms. The monoisotopic (exact) mass is 280 g/mol. The fraction of sp³-hybridized carbons (Fsp3) is 0.533. The second kappa shape index (κ2) is 6.92. The third-order valence-electron chi connectivity index (χ3n) is 3.64. The van der Waals surface area contributed by atoms with Crippen LogP contribution in [0.1, 0.15) is 31.2 Å². The van der Waals surface area contributed by atoms with Crippen molar-refractivity contribution in [3.8, 4) is 0 Å². The Morgan fingerprint density at radius 1 is 1.53 bits per heavy atom. The van der Waals surface area contributed by atoms with Crippen LogP contribution in [0, 0.1) is 12.8 Å². The minimum atomic E-state index is 0.0935. The Morgan fingerprint density at radius 3 is 3.05 bits per heavy atom. The van der Waals surface area contributed by atoms with E-state index in [4.69, 9.17) is 11.6 Å². The third kappa shape index (κ3) is 4.51. The predicted molar refractivity (Wildman–Crippen MR) is 79.6 cm³/mol. The molecule has 1 fully saturated rings. The lowest BCUT2D eigenvalue weighted by Gasteiger charge is -2.22. The molecule has 104 valence electrons. The molecule has 2 rings (SSSR count). The third-order valence-corrected chi connectivity index (χ3v) is 3.88. The normalized spacial score (nSPS) is 19.2. The maximum Gasteiger partial charge on any atom is 0.224 e. The zero-order valence-corrected chi connectivity index (χ0v) is 12.1. The van der Waals surface area contributed by atoms with Crippen LogP contribution >= 0.6 is 11.6 Å². The highest BCUT2D eigenvalue weighted by Gasteiger charge is 2.14. The number of anilines is 1. The van der Waals surface area contributed by atoms with E-state index in [1.807, 2.05) is 19.1 Å². The summed E-state index contributed by atoms with van der Waals surface area (Å²) in [7, 11) is 0. The summed E-state index contributed by atoms with van der Waals surface area (Å²) >= 11 is 5.90. The zero-order valence-electron chi connectivity index (χ0n) is 11.3. The van der Waals surface area contributed by atoms with Crippen LogP contribution in [0.3, 0.4) is 0 Å². The van der Waals surface area contributed by atoms with Crippen LogP contribution in [0.15, 0.2) is 18.2 Å². The molecule has 1 aliphatic heterocycles.